The third-order valence-corrected chi connectivity index (χ3v) is 4.79. The first-order valence-electron chi connectivity index (χ1n) is 9.02. The van der Waals surface area contributed by atoms with Crippen LogP contribution >= 0.6 is 23.2 Å². The van der Waals surface area contributed by atoms with Crippen molar-refractivity contribution < 1.29 is 14.6 Å². The molecule has 0 bridgehead atoms. The quantitative estimate of drug-likeness (QED) is 0.578. The van der Waals surface area contributed by atoms with Crippen LogP contribution in [-0.2, 0) is 0 Å². The van der Waals surface area contributed by atoms with E-state index in [4.69, 9.17) is 27.9 Å². The van der Waals surface area contributed by atoms with Crippen molar-refractivity contribution in [3.63, 3.8) is 0 Å². The Balaban J connectivity index is 2.16. The standard InChI is InChI=1S/C22H15Cl2N3O4/c1-2-31-16-8-6-15(7-9-16)27-21(28)18(12-25)17(20(26-27)22(29)30)10-4-13-3-5-14(23)11-19(13)24/h3-11H,2H2,1H3,(H,29,30)/b10-4-. The maximum atomic E-state index is 12.9. The molecule has 0 amide bonds. The Kier molecular flexibility index (Phi) is 6.75. The minimum atomic E-state index is -1.39. The molecule has 0 atom stereocenters. The third kappa shape index (κ3) is 4.77. The molecule has 9 heteroatoms. The average Bonchev–Trinajstić information content (AvgIpc) is 2.74. The summed E-state index contributed by atoms with van der Waals surface area (Å²) in [5, 5.41) is 24.0. The van der Waals surface area contributed by atoms with Gasteiger partial charge in [0.2, 0.25) is 0 Å². The molecule has 156 valence electrons. The number of hydrogen-bond acceptors (Lipinski definition) is 5. The minimum Gasteiger partial charge on any atom is -0.494 e. The number of rotatable bonds is 6. The van der Waals surface area contributed by atoms with Gasteiger partial charge in [0.1, 0.15) is 17.4 Å². The van der Waals surface area contributed by atoms with Crippen LogP contribution < -0.4 is 10.3 Å². The number of benzene rings is 2. The molecular formula is C22H15Cl2N3O4. The van der Waals surface area contributed by atoms with E-state index in [0.717, 1.165) is 4.68 Å². The summed E-state index contributed by atoms with van der Waals surface area (Å²) in [6.07, 6.45) is 2.82. The fourth-order valence-corrected chi connectivity index (χ4v) is 3.27. The lowest BCUT2D eigenvalue weighted by Crippen LogP contribution is -2.28. The molecule has 0 unspecified atom stereocenters. The van der Waals surface area contributed by atoms with Crippen molar-refractivity contribution in [2.45, 2.75) is 6.92 Å². The van der Waals surface area contributed by atoms with Gasteiger partial charge >= 0.3 is 5.97 Å². The lowest BCUT2D eigenvalue weighted by atomic mass is 10.1. The summed E-state index contributed by atoms with van der Waals surface area (Å²) in [4.78, 5) is 24.8. The molecule has 3 rings (SSSR count). The second-order valence-electron chi connectivity index (χ2n) is 6.20. The normalized spacial score (nSPS) is 10.8. The second-order valence-corrected chi connectivity index (χ2v) is 7.04. The number of nitrogens with zero attached hydrogens (tertiary/aromatic N) is 3. The van der Waals surface area contributed by atoms with E-state index in [0.29, 0.717) is 33.7 Å². The Morgan fingerprint density at radius 1 is 1.23 bits per heavy atom. The summed E-state index contributed by atoms with van der Waals surface area (Å²) < 4.78 is 6.24. The number of carbonyl (C=O) groups is 1. The van der Waals surface area contributed by atoms with Gasteiger partial charge in [-0.2, -0.15) is 15.0 Å². The lowest BCUT2D eigenvalue weighted by molar-refractivity contribution is 0.0688. The molecule has 7 nitrogen and oxygen atoms in total. The van der Waals surface area contributed by atoms with Crippen molar-refractivity contribution >= 4 is 41.3 Å². The maximum absolute atomic E-state index is 12.9. The summed E-state index contributed by atoms with van der Waals surface area (Å²) in [5.74, 6) is -0.810. The van der Waals surface area contributed by atoms with E-state index in [9.17, 15) is 20.0 Å². The van der Waals surface area contributed by atoms with E-state index in [1.54, 1.807) is 42.5 Å². The first-order valence-corrected chi connectivity index (χ1v) is 9.78. The van der Waals surface area contributed by atoms with E-state index < -0.39 is 17.2 Å². The van der Waals surface area contributed by atoms with Crippen molar-refractivity contribution in [1.82, 2.24) is 9.78 Å². The SMILES string of the molecule is CCOc1ccc(-n2nc(C(=O)O)c(/C=C\c3ccc(Cl)cc3Cl)c(C#N)c2=O)cc1. The van der Waals surface area contributed by atoms with Crippen LogP contribution in [0, 0.1) is 11.3 Å². The Morgan fingerprint density at radius 2 is 1.94 bits per heavy atom. The molecule has 0 aliphatic rings. The fraction of sp³-hybridized carbons (Fsp3) is 0.0909. The lowest BCUT2D eigenvalue weighted by Gasteiger charge is -2.10. The topological polar surface area (TPSA) is 105 Å². The van der Waals surface area contributed by atoms with Crippen LogP contribution in [-0.4, -0.2) is 27.5 Å². The first-order chi connectivity index (χ1) is 14.8. The van der Waals surface area contributed by atoms with E-state index in [2.05, 4.69) is 5.10 Å². The van der Waals surface area contributed by atoms with Gasteiger partial charge in [-0.3, -0.25) is 4.79 Å². The highest BCUT2D eigenvalue weighted by Crippen LogP contribution is 2.24. The number of hydrogen-bond donors (Lipinski definition) is 1. The van der Waals surface area contributed by atoms with Gasteiger partial charge in [-0.25, -0.2) is 4.79 Å². The predicted molar refractivity (Wildman–Crippen MR) is 118 cm³/mol. The van der Waals surface area contributed by atoms with Crippen LogP contribution in [0.4, 0.5) is 0 Å². The molecule has 0 spiro atoms. The van der Waals surface area contributed by atoms with Crippen LogP contribution in [0.2, 0.25) is 10.0 Å². The monoisotopic (exact) mass is 455 g/mol. The zero-order valence-electron chi connectivity index (χ0n) is 16.2. The molecule has 0 radical (unpaired) electrons. The number of nitriles is 1. The molecule has 0 saturated carbocycles. The van der Waals surface area contributed by atoms with Gasteiger partial charge in [-0.05, 0) is 48.9 Å². The van der Waals surface area contributed by atoms with Gasteiger partial charge in [0.25, 0.3) is 5.56 Å². The summed E-state index contributed by atoms with van der Waals surface area (Å²) in [5.41, 5.74) is -0.855. The Bertz CT molecular complexity index is 1280. The van der Waals surface area contributed by atoms with E-state index >= 15 is 0 Å². The molecule has 3 aromatic rings. The van der Waals surface area contributed by atoms with Crippen LogP contribution in [0.3, 0.4) is 0 Å². The molecule has 31 heavy (non-hydrogen) atoms. The maximum Gasteiger partial charge on any atom is 0.357 e. The molecular weight excluding hydrogens is 441 g/mol. The number of halogens is 2. The number of carboxylic acid groups (broad SMARTS) is 1. The summed E-state index contributed by atoms with van der Waals surface area (Å²) in [6, 6.07) is 12.9. The van der Waals surface area contributed by atoms with Crippen LogP contribution in [0.1, 0.15) is 34.1 Å². The molecule has 1 heterocycles. The third-order valence-electron chi connectivity index (χ3n) is 4.23. The molecule has 0 saturated heterocycles. The van der Waals surface area contributed by atoms with Crippen LogP contribution in [0.15, 0.2) is 47.3 Å². The van der Waals surface area contributed by atoms with Gasteiger partial charge in [0.05, 0.1) is 12.3 Å². The Labute approximate surface area is 187 Å². The first kappa shape index (κ1) is 22.1. The van der Waals surface area contributed by atoms with Crippen molar-refractivity contribution in [2.24, 2.45) is 0 Å². The van der Waals surface area contributed by atoms with Crippen LogP contribution in [0.25, 0.3) is 17.8 Å². The summed E-state index contributed by atoms with van der Waals surface area (Å²) >= 11 is 12.0. The fourth-order valence-electron chi connectivity index (χ4n) is 2.80. The highest BCUT2D eigenvalue weighted by Gasteiger charge is 2.21. The van der Waals surface area contributed by atoms with Gasteiger partial charge < -0.3 is 9.84 Å². The smallest absolute Gasteiger partial charge is 0.357 e. The molecule has 1 N–H and O–H groups in total. The zero-order chi connectivity index (χ0) is 22.5. The van der Waals surface area contributed by atoms with Crippen molar-refractivity contribution in [2.75, 3.05) is 6.61 Å². The Morgan fingerprint density at radius 3 is 2.52 bits per heavy atom. The highest BCUT2D eigenvalue weighted by molar-refractivity contribution is 6.35. The number of aromatic nitrogens is 2. The molecule has 0 aliphatic heterocycles. The van der Waals surface area contributed by atoms with E-state index in [1.807, 2.05) is 6.92 Å². The molecule has 0 aliphatic carbocycles. The molecule has 0 fully saturated rings. The van der Waals surface area contributed by atoms with E-state index in [-0.39, 0.29) is 11.1 Å². The summed E-state index contributed by atoms with van der Waals surface area (Å²) in [7, 11) is 0. The Hall–Kier alpha value is -3.60. The van der Waals surface area contributed by atoms with Crippen LogP contribution in [0.5, 0.6) is 5.75 Å². The zero-order valence-corrected chi connectivity index (χ0v) is 17.7. The summed E-state index contributed by atoms with van der Waals surface area (Å²) in [6.45, 7) is 2.31. The minimum absolute atomic E-state index is 0.117. The molecule has 2 aromatic carbocycles. The van der Waals surface area contributed by atoms with Crippen molar-refractivity contribution in [1.29, 1.82) is 5.26 Å². The van der Waals surface area contributed by atoms with Gasteiger partial charge in [-0.1, -0.05) is 41.4 Å². The predicted octanol–water partition coefficient (Wildman–Crippen LogP) is 4.68. The second kappa shape index (κ2) is 9.47. The van der Waals surface area contributed by atoms with Crippen molar-refractivity contribution in [3.8, 4) is 17.5 Å². The average molecular weight is 456 g/mol. The number of carboxylic acids is 1. The van der Waals surface area contributed by atoms with E-state index in [1.165, 1.54) is 18.2 Å². The van der Waals surface area contributed by atoms with Gasteiger partial charge in [0, 0.05) is 15.6 Å². The van der Waals surface area contributed by atoms with Crippen molar-refractivity contribution in [3.05, 3.63) is 85.2 Å². The molecule has 1 aromatic heterocycles. The van der Waals surface area contributed by atoms with Gasteiger partial charge in [0.15, 0.2) is 5.69 Å². The number of aromatic carboxylic acids is 1. The highest BCUT2D eigenvalue weighted by atomic mass is 35.5. The number of ether oxygens (including phenoxy) is 1. The van der Waals surface area contributed by atoms with Gasteiger partial charge in [-0.15, -0.1) is 0 Å². The largest absolute Gasteiger partial charge is 0.494 e.